The number of aromatic nitrogens is 1. The monoisotopic (exact) mass is 360 g/mol. The molecule has 0 atom stereocenters. The van der Waals surface area contributed by atoms with E-state index in [9.17, 15) is 14.5 Å². The number of nitro groups is 1. The van der Waals surface area contributed by atoms with Gasteiger partial charge in [0.2, 0.25) is 5.75 Å². The van der Waals surface area contributed by atoms with Crippen LogP contribution in [-0.4, -0.2) is 9.91 Å². The second-order valence-electron chi connectivity index (χ2n) is 3.87. The molecule has 0 bridgehead atoms. The van der Waals surface area contributed by atoms with Crippen molar-refractivity contribution >= 4 is 33.2 Å². The number of ether oxygens (including phenoxy) is 1. The molecule has 2 rings (SSSR count). The Kier molecular flexibility index (Phi) is 4.20. The van der Waals surface area contributed by atoms with E-state index in [1.165, 1.54) is 12.3 Å². The van der Waals surface area contributed by atoms with Gasteiger partial charge in [-0.1, -0.05) is 11.6 Å². The zero-order valence-electron chi connectivity index (χ0n) is 10.1. The van der Waals surface area contributed by atoms with Crippen LogP contribution >= 0.6 is 27.5 Å². The summed E-state index contributed by atoms with van der Waals surface area (Å²) in [6, 6.07) is 3.39. The lowest BCUT2D eigenvalue weighted by Gasteiger charge is -2.09. The second kappa shape index (κ2) is 5.72. The van der Waals surface area contributed by atoms with Crippen LogP contribution in [-0.2, 0) is 0 Å². The summed E-state index contributed by atoms with van der Waals surface area (Å²) in [4.78, 5) is 14.2. The molecule has 0 saturated carbocycles. The van der Waals surface area contributed by atoms with Gasteiger partial charge in [0.1, 0.15) is 16.7 Å². The van der Waals surface area contributed by atoms with Crippen molar-refractivity contribution in [2.75, 3.05) is 0 Å². The van der Waals surface area contributed by atoms with E-state index >= 15 is 0 Å². The maximum Gasteiger partial charge on any atom is 0.312 e. The highest BCUT2D eigenvalue weighted by molar-refractivity contribution is 9.10. The maximum atomic E-state index is 13.5. The minimum atomic E-state index is -0.664. The SMILES string of the molecule is Cc1cnc(Cl)cc1Oc1cc(F)c(Br)cc1[N+](=O)[O-]. The van der Waals surface area contributed by atoms with Crippen LogP contribution in [0.25, 0.3) is 0 Å². The second-order valence-corrected chi connectivity index (χ2v) is 5.11. The van der Waals surface area contributed by atoms with Gasteiger partial charge in [-0.05, 0) is 22.9 Å². The van der Waals surface area contributed by atoms with Crippen molar-refractivity contribution in [1.82, 2.24) is 4.98 Å². The molecule has 0 unspecified atom stereocenters. The molecule has 0 aliphatic rings. The average Bonchev–Trinajstić information content (AvgIpc) is 2.37. The van der Waals surface area contributed by atoms with Gasteiger partial charge >= 0.3 is 5.69 Å². The Labute approximate surface area is 126 Å². The molecule has 0 radical (unpaired) electrons. The molecule has 0 saturated heterocycles. The minimum Gasteiger partial charge on any atom is -0.450 e. The first-order chi connectivity index (χ1) is 9.38. The first kappa shape index (κ1) is 14.7. The van der Waals surface area contributed by atoms with Crippen LogP contribution < -0.4 is 4.74 Å². The maximum absolute atomic E-state index is 13.5. The third-order valence-corrected chi connectivity index (χ3v) is 3.25. The van der Waals surface area contributed by atoms with Crippen molar-refractivity contribution in [2.45, 2.75) is 6.92 Å². The quantitative estimate of drug-likeness (QED) is 0.453. The first-order valence-electron chi connectivity index (χ1n) is 5.32. The average molecular weight is 362 g/mol. The van der Waals surface area contributed by atoms with E-state index in [0.717, 1.165) is 12.1 Å². The molecule has 20 heavy (non-hydrogen) atoms. The fraction of sp³-hybridized carbons (Fsp3) is 0.0833. The standard InChI is InChI=1S/C12H7BrClFN2O3/c1-6-5-16-12(14)4-10(6)20-11-3-8(15)7(13)2-9(11)17(18)19/h2-5H,1H3. The zero-order chi connectivity index (χ0) is 14.9. The summed E-state index contributed by atoms with van der Waals surface area (Å²) in [6.45, 7) is 1.69. The normalized spacial score (nSPS) is 10.4. The molecular formula is C12H7BrClFN2O3. The smallest absolute Gasteiger partial charge is 0.312 e. The Morgan fingerprint density at radius 2 is 2.10 bits per heavy atom. The van der Waals surface area contributed by atoms with Gasteiger partial charge in [-0.2, -0.15) is 0 Å². The molecule has 8 heteroatoms. The largest absolute Gasteiger partial charge is 0.450 e. The van der Waals surface area contributed by atoms with E-state index in [1.807, 2.05) is 0 Å². The Bertz CT molecular complexity index is 697. The van der Waals surface area contributed by atoms with Crippen LogP contribution in [0.1, 0.15) is 5.56 Å². The highest BCUT2D eigenvalue weighted by Gasteiger charge is 2.20. The molecule has 104 valence electrons. The van der Waals surface area contributed by atoms with E-state index in [4.69, 9.17) is 16.3 Å². The number of benzene rings is 1. The first-order valence-corrected chi connectivity index (χ1v) is 6.49. The van der Waals surface area contributed by atoms with Gasteiger partial charge in [0.05, 0.1) is 9.40 Å². The van der Waals surface area contributed by atoms with E-state index in [0.29, 0.717) is 5.56 Å². The third kappa shape index (κ3) is 3.05. The summed E-state index contributed by atoms with van der Waals surface area (Å²) in [7, 11) is 0. The molecule has 1 aromatic carbocycles. The van der Waals surface area contributed by atoms with Crippen LogP contribution in [0.3, 0.4) is 0 Å². The predicted molar refractivity (Wildman–Crippen MR) is 74.8 cm³/mol. The van der Waals surface area contributed by atoms with Crippen LogP contribution in [0.4, 0.5) is 10.1 Å². The molecule has 0 fully saturated rings. The fourth-order valence-corrected chi connectivity index (χ4v) is 1.93. The number of nitrogens with zero attached hydrogens (tertiary/aromatic N) is 2. The zero-order valence-corrected chi connectivity index (χ0v) is 12.4. The van der Waals surface area contributed by atoms with Crippen LogP contribution in [0.15, 0.2) is 28.9 Å². The highest BCUT2D eigenvalue weighted by Crippen LogP contribution is 2.36. The van der Waals surface area contributed by atoms with Crippen molar-refractivity contribution in [1.29, 1.82) is 0 Å². The lowest BCUT2D eigenvalue weighted by Crippen LogP contribution is -1.96. The van der Waals surface area contributed by atoms with Gasteiger partial charge in [0.15, 0.2) is 0 Å². The van der Waals surface area contributed by atoms with Gasteiger partial charge in [0.25, 0.3) is 0 Å². The lowest BCUT2D eigenvalue weighted by atomic mass is 10.2. The number of pyridine rings is 1. The number of hydrogen-bond acceptors (Lipinski definition) is 4. The molecule has 1 heterocycles. The molecule has 1 aromatic heterocycles. The van der Waals surface area contributed by atoms with Crippen molar-refractivity contribution in [3.8, 4) is 11.5 Å². The van der Waals surface area contributed by atoms with Crippen molar-refractivity contribution in [3.05, 3.63) is 55.5 Å². The van der Waals surface area contributed by atoms with Crippen LogP contribution in [0, 0.1) is 22.9 Å². The number of hydrogen-bond donors (Lipinski definition) is 0. The van der Waals surface area contributed by atoms with Gasteiger partial charge in [0, 0.05) is 30.0 Å². The predicted octanol–water partition coefficient (Wildman–Crippen LogP) is 4.65. The lowest BCUT2D eigenvalue weighted by molar-refractivity contribution is -0.385. The summed E-state index contributed by atoms with van der Waals surface area (Å²) in [6.07, 6.45) is 1.46. The van der Waals surface area contributed by atoms with Crippen molar-refractivity contribution in [3.63, 3.8) is 0 Å². The summed E-state index contributed by atoms with van der Waals surface area (Å²) < 4.78 is 18.9. The van der Waals surface area contributed by atoms with Gasteiger partial charge < -0.3 is 4.74 Å². The van der Waals surface area contributed by atoms with E-state index in [-0.39, 0.29) is 26.8 Å². The summed E-state index contributed by atoms with van der Waals surface area (Å²) in [5.41, 5.74) is 0.262. The fourth-order valence-electron chi connectivity index (χ4n) is 1.45. The summed E-state index contributed by atoms with van der Waals surface area (Å²) in [5.74, 6) is -0.598. The third-order valence-electron chi connectivity index (χ3n) is 2.44. The number of nitro benzene ring substituents is 1. The van der Waals surface area contributed by atoms with Crippen molar-refractivity contribution in [2.24, 2.45) is 0 Å². The Morgan fingerprint density at radius 1 is 1.40 bits per heavy atom. The van der Waals surface area contributed by atoms with Gasteiger partial charge in [-0.3, -0.25) is 10.1 Å². The number of halogens is 3. The van der Waals surface area contributed by atoms with E-state index in [2.05, 4.69) is 20.9 Å². The Balaban J connectivity index is 2.50. The molecule has 2 aromatic rings. The van der Waals surface area contributed by atoms with E-state index in [1.54, 1.807) is 6.92 Å². The van der Waals surface area contributed by atoms with Crippen LogP contribution in [0.5, 0.6) is 11.5 Å². The topological polar surface area (TPSA) is 65.3 Å². The van der Waals surface area contributed by atoms with Gasteiger partial charge in [-0.25, -0.2) is 9.37 Å². The van der Waals surface area contributed by atoms with Gasteiger partial charge in [-0.15, -0.1) is 0 Å². The molecule has 5 nitrogen and oxygen atoms in total. The van der Waals surface area contributed by atoms with Crippen molar-refractivity contribution < 1.29 is 14.1 Å². The van der Waals surface area contributed by atoms with Crippen LogP contribution in [0.2, 0.25) is 5.15 Å². The summed E-state index contributed by atoms with van der Waals surface area (Å²) >= 11 is 8.63. The molecule has 0 aliphatic carbocycles. The minimum absolute atomic E-state index is 0.0129. The molecule has 0 amide bonds. The molecule has 0 aliphatic heterocycles. The highest BCUT2D eigenvalue weighted by atomic mass is 79.9. The summed E-state index contributed by atoms with van der Waals surface area (Å²) in [5, 5.41) is 11.1. The molecule has 0 spiro atoms. The Hall–Kier alpha value is -1.73. The number of aryl methyl sites for hydroxylation is 1. The molecule has 0 N–H and O–H groups in total. The molecular weight excluding hydrogens is 354 g/mol. The number of rotatable bonds is 3. The van der Waals surface area contributed by atoms with E-state index < -0.39 is 10.7 Å². The Morgan fingerprint density at radius 3 is 2.75 bits per heavy atom.